The maximum Gasteiger partial charge on any atom is 0.0633 e. The summed E-state index contributed by atoms with van der Waals surface area (Å²) in [5.74, 6) is 1.84. The molecule has 1 unspecified atom stereocenters. The van der Waals surface area contributed by atoms with Gasteiger partial charge in [0.1, 0.15) is 0 Å². The Morgan fingerprint density at radius 2 is 2.20 bits per heavy atom. The molecule has 2 aliphatic rings. The van der Waals surface area contributed by atoms with Crippen LogP contribution in [-0.4, -0.2) is 11.2 Å². The van der Waals surface area contributed by atoms with E-state index < -0.39 is 0 Å². The molecular weight excluding hydrogens is 142 g/mol. The summed E-state index contributed by atoms with van der Waals surface area (Å²) in [5, 5.41) is 2.50. The molecule has 2 fully saturated rings. The lowest BCUT2D eigenvalue weighted by molar-refractivity contribution is 0.422. The van der Waals surface area contributed by atoms with Crippen LogP contribution in [0.15, 0.2) is 4.99 Å². The monoisotopic (exact) mass is 153 g/mol. The van der Waals surface area contributed by atoms with Gasteiger partial charge in [0, 0.05) is 0 Å². The van der Waals surface area contributed by atoms with E-state index in [0.717, 1.165) is 11.8 Å². The molecule has 0 radical (unpaired) electrons. The maximum absolute atomic E-state index is 4.59. The maximum atomic E-state index is 4.59. The van der Waals surface area contributed by atoms with E-state index in [2.05, 4.69) is 22.4 Å². The number of isothiocyanates is 1. The Bertz CT molecular complexity index is 184. The highest BCUT2D eigenvalue weighted by Crippen LogP contribution is 2.45. The molecule has 10 heavy (non-hydrogen) atoms. The van der Waals surface area contributed by atoms with Crippen LogP contribution in [-0.2, 0) is 0 Å². The SMILES string of the molecule is S=C=NC1C[C@H]2CC[C@@H]1C2. The highest BCUT2D eigenvalue weighted by Gasteiger charge is 2.39. The van der Waals surface area contributed by atoms with Crippen LogP contribution in [0.2, 0.25) is 0 Å². The van der Waals surface area contributed by atoms with Gasteiger partial charge in [-0.1, -0.05) is 6.42 Å². The van der Waals surface area contributed by atoms with Crippen LogP contribution in [0.3, 0.4) is 0 Å². The Morgan fingerprint density at radius 1 is 1.30 bits per heavy atom. The van der Waals surface area contributed by atoms with Crippen molar-refractivity contribution in [1.82, 2.24) is 0 Å². The molecule has 0 saturated heterocycles. The van der Waals surface area contributed by atoms with Crippen LogP contribution in [0.1, 0.15) is 25.7 Å². The van der Waals surface area contributed by atoms with E-state index in [1.165, 1.54) is 25.7 Å². The Kier molecular flexibility index (Phi) is 1.59. The molecule has 0 aliphatic heterocycles. The Balaban J connectivity index is 2.08. The van der Waals surface area contributed by atoms with Gasteiger partial charge >= 0.3 is 0 Å². The van der Waals surface area contributed by atoms with Crippen molar-refractivity contribution in [3.63, 3.8) is 0 Å². The zero-order valence-electron chi connectivity index (χ0n) is 5.92. The third-order valence-electron chi connectivity index (χ3n) is 2.92. The second-order valence-corrected chi connectivity index (χ2v) is 3.65. The molecule has 0 amide bonds. The molecule has 2 saturated carbocycles. The molecule has 3 atom stereocenters. The van der Waals surface area contributed by atoms with Crippen molar-refractivity contribution in [2.24, 2.45) is 16.8 Å². The Labute approximate surface area is 66.5 Å². The summed E-state index contributed by atoms with van der Waals surface area (Å²) in [7, 11) is 0. The van der Waals surface area contributed by atoms with Crippen molar-refractivity contribution in [1.29, 1.82) is 0 Å². The predicted octanol–water partition coefficient (Wildman–Crippen LogP) is 2.28. The van der Waals surface area contributed by atoms with Gasteiger partial charge in [0.25, 0.3) is 0 Å². The molecule has 2 bridgehead atoms. The first-order valence-electron chi connectivity index (χ1n) is 3.97. The molecular formula is C8H11NS. The molecule has 1 nitrogen and oxygen atoms in total. The van der Waals surface area contributed by atoms with Gasteiger partial charge in [0.2, 0.25) is 0 Å². The molecule has 0 heterocycles. The number of rotatable bonds is 1. The Morgan fingerprint density at radius 3 is 2.70 bits per heavy atom. The number of thiocarbonyl (C=S) groups is 1. The van der Waals surface area contributed by atoms with E-state index in [1.54, 1.807) is 0 Å². The number of hydrogen-bond donors (Lipinski definition) is 0. The standard InChI is InChI=1S/C8H11NS/c10-5-9-8-4-6-1-2-7(8)3-6/h6-8H,1-4H2/t6-,7+,8?/m0/s1. The van der Waals surface area contributed by atoms with Crippen LogP contribution in [0.25, 0.3) is 0 Å². The second kappa shape index (κ2) is 2.44. The van der Waals surface area contributed by atoms with Crippen LogP contribution >= 0.6 is 12.2 Å². The fourth-order valence-electron chi connectivity index (χ4n) is 2.44. The van der Waals surface area contributed by atoms with E-state index in [1.807, 2.05) is 0 Å². The smallest absolute Gasteiger partial charge is 0.0633 e. The summed E-state index contributed by atoms with van der Waals surface area (Å²) in [6.45, 7) is 0. The summed E-state index contributed by atoms with van der Waals surface area (Å²) in [6.07, 6.45) is 5.52. The van der Waals surface area contributed by atoms with E-state index in [-0.39, 0.29) is 0 Å². The minimum absolute atomic E-state index is 0.552. The van der Waals surface area contributed by atoms with Crippen molar-refractivity contribution in [2.45, 2.75) is 31.7 Å². The van der Waals surface area contributed by atoms with E-state index >= 15 is 0 Å². The van der Waals surface area contributed by atoms with Crippen molar-refractivity contribution in [2.75, 3.05) is 0 Å². The molecule has 54 valence electrons. The lowest BCUT2D eigenvalue weighted by atomic mass is 9.96. The molecule has 0 aromatic heterocycles. The number of fused-ring (bicyclic) bond motifs is 2. The molecule has 0 aromatic rings. The van der Waals surface area contributed by atoms with Crippen LogP contribution in [0.5, 0.6) is 0 Å². The molecule has 0 spiro atoms. The largest absolute Gasteiger partial charge is 0.229 e. The fourth-order valence-corrected chi connectivity index (χ4v) is 2.57. The van der Waals surface area contributed by atoms with Crippen LogP contribution in [0, 0.1) is 11.8 Å². The first-order valence-corrected chi connectivity index (χ1v) is 4.38. The van der Waals surface area contributed by atoms with Crippen LogP contribution in [0.4, 0.5) is 0 Å². The van der Waals surface area contributed by atoms with Gasteiger partial charge in [-0.05, 0) is 43.3 Å². The molecule has 0 N–H and O–H groups in total. The topological polar surface area (TPSA) is 12.4 Å². The quantitative estimate of drug-likeness (QED) is 0.416. The Hall–Kier alpha value is -0.200. The lowest BCUT2D eigenvalue weighted by Gasteiger charge is -2.15. The molecule has 2 aliphatic carbocycles. The van der Waals surface area contributed by atoms with Gasteiger partial charge in [0.05, 0.1) is 11.2 Å². The van der Waals surface area contributed by atoms with E-state index in [4.69, 9.17) is 0 Å². The number of nitrogens with zero attached hydrogens (tertiary/aromatic N) is 1. The third kappa shape index (κ3) is 0.920. The van der Waals surface area contributed by atoms with Gasteiger partial charge in [-0.15, -0.1) is 0 Å². The van der Waals surface area contributed by atoms with Crippen molar-refractivity contribution in [3.05, 3.63) is 0 Å². The normalized spacial score (nSPS) is 43.4. The first kappa shape index (κ1) is 6.51. The van der Waals surface area contributed by atoms with Crippen LogP contribution < -0.4 is 0 Å². The van der Waals surface area contributed by atoms with Gasteiger partial charge < -0.3 is 0 Å². The third-order valence-corrected chi connectivity index (χ3v) is 3.02. The van der Waals surface area contributed by atoms with Crippen molar-refractivity contribution >= 4 is 17.4 Å². The summed E-state index contributed by atoms with van der Waals surface area (Å²) in [5.41, 5.74) is 0. The van der Waals surface area contributed by atoms with Crippen molar-refractivity contribution < 1.29 is 0 Å². The minimum atomic E-state index is 0.552. The van der Waals surface area contributed by atoms with Crippen molar-refractivity contribution in [3.8, 4) is 0 Å². The van der Waals surface area contributed by atoms with Gasteiger partial charge in [-0.25, -0.2) is 4.99 Å². The summed E-state index contributed by atoms with van der Waals surface area (Å²) < 4.78 is 0. The summed E-state index contributed by atoms with van der Waals surface area (Å²) >= 11 is 4.59. The number of hydrogen-bond acceptors (Lipinski definition) is 2. The average Bonchev–Trinajstić information content (AvgIpc) is 2.48. The fraction of sp³-hybridized carbons (Fsp3) is 0.875. The summed E-state index contributed by atoms with van der Waals surface area (Å²) in [4.78, 5) is 4.17. The molecule has 2 heteroatoms. The van der Waals surface area contributed by atoms with E-state index in [9.17, 15) is 0 Å². The highest BCUT2D eigenvalue weighted by molar-refractivity contribution is 7.78. The van der Waals surface area contributed by atoms with Gasteiger partial charge in [0.15, 0.2) is 0 Å². The molecule has 0 aromatic carbocycles. The summed E-state index contributed by atoms with van der Waals surface area (Å²) in [6, 6.07) is 0.552. The predicted molar refractivity (Wildman–Crippen MR) is 44.3 cm³/mol. The highest BCUT2D eigenvalue weighted by atomic mass is 32.1. The zero-order chi connectivity index (χ0) is 6.97. The minimum Gasteiger partial charge on any atom is -0.229 e. The lowest BCUT2D eigenvalue weighted by Crippen LogP contribution is -2.13. The van der Waals surface area contributed by atoms with Gasteiger partial charge in [-0.2, -0.15) is 0 Å². The van der Waals surface area contributed by atoms with Gasteiger partial charge in [-0.3, -0.25) is 0 Å². The second-order valence-electron chi connectivity index (χ2n) is 3.46. The zero-order valence-corrected chi connectivity index (χ0v) is 6.73. The first-order chi connectivity index (χ1) is 4.90. The van der Waals surface area contributed by atoms with E-state index in [0.29, 0.717) is 6.04 Å². The average molecular weight is 153 g/mol. The molecule has 2 rings (SSSR count). The number of aliphatic imine (C=N–C) groups is 1.